The lowest BCUT2D eigenvalue weighted by Crippen LogP contribution is -2.22. The third-order valence-electron chi connectivity index (χ3n) is 4.19. The van der Waals surface area contributed by atoms with Crippen LogP contribution >= 0.6 is 0 Å². The van der Waals surface area contributed by atoms with Crippen LogP contribution in [0.2, 0.25) is 0 Å². The highest BCUT2D eigenvalue weighted by atomic mass is 32.2. The van der Waals surface area contributed by atoms with Crippen molar-refractivity contribution in [2.24, 2.45) is 0 Å². The van der Waals surface area contributed by atoms with E-state index >= 15 is 0 Å². The van der Waals surface area contributed by atoms with Crippen molar-refractivity contribution in [1.82, 2.24) is 9.29 Å². The van der Waals surface area contributed by atoms with Crippen molar-refractivity contribution in [2.45, 2.75) is 24.2 Å². The number of ether oxygens (including phenoxy) is 1. The molecule has 2 aromatic rings. The molecule has 0 unspecified atom stereocenters. The normalized spacial score (nSPS) is 11.3. The average Bonchev–Trinajstić information content (AvgIpc) is 2.73. The van der Waals surface area contributed by atoms with E-state index < -0.39 is 20.9 Å². The number of rotatable bonds is 11. The summed E-state index contributed by atoms with van der Waals surface area (Å²) in [4.78, 5) is 26.2. The average molecular weight is 436 g/mol. The molecule has 0 atom stereocenters. The molecule has 0 fully saturated rings. The first-order valence-electron chi connectivity index (χ1n) is 9.26. The second kappa shape index (κ2) is 10.6. The number of esters is 1. The Morgan fingerprint density at radius 1 is 1.13 bits per heavy atom. The lowest BCUT2D eigenvalue weighted by atomic mass is 10.2. The lowest BCUT2D eigenvalue weighted by Gasteiger charge is -2.11. The molecule has 0 aliphatic heterocycles. The number of anilines is 1. The van der Waals surface area contributed by atoms with Crippen molar-refractivity contribution in [2.75, 3.05) is 32.6 Å². The fourth-order valence-electron chi connectivity index (χ4n) is 2.44. The number of benzene rings is 1. The zero-order chi connectivity index (χ0) is 22.1. The molecule has 0 radical (unpaired) electrons. The Labute approximate surface area is 175 Å². The maximum Gasteiger partial charge on any atom is 0.338 e. The minimum Gasteiger partial charge on any atom is -0.462 e. The second-order valence-electron chi connectivity index (χ2n) is 6.59. The summed E-state index contributed by atoms with van der Waals surface area (Å²) in [6, 6.07) is 8.56. The fourth-order valence-corrected chi connectivity index (χ4v) is 3.34. The molecule has 0 amide bonds. The SMILES string of the molecule is CN(C)S(=O)(=O)c1ccc(C(=O)OCCCCCNc2ccc([N+](=O)[O-])cn2)cc1. The van der Waals surface area contributed by atoms with E-state index in [9.17, 15) is 23.3 Å². The molecule has 1 aromatic heterocycles. The summed E-state index contributed by atoms with van der Waals surface area (Å²) in [6.45, 7) is 0.896. The van der Waals surface area contributed by atoms with E-state index in [2.05, 4.69) is 10.3 Å². The van der Waals surface area contributed by atoms with E-state index in [1.165, 1.54) is 50.6 Å². The van der Waals surface area contributed by atoms with Gasteiger partial charge in [0.1, 0.15) is 12.0 Å². The highest BCUT2D eigenvalue weighted by Gasteiger charge is 2.17. The third kappa shape index (κ3) is 6.49. The lowest BCUT2D eigenvalue weighted by molar-refractivity contribution is -0.385. The van der Waals surface area contributed by atoms with Crippen LogP contribution in [0, 0.1) is 10.1 Å². The number of nitro groups is 1. The number of unbranched alkanes of at least 4 members (excludes halogenated alkanes) is 2. The first-order valence-corrected chi connectivity index (χ1v) is 10.7. The van der Waals surface area contributed by atoms with Gasteiger partial charge >= 0.3 is 5.97 Å². The van der Waals surface area contributed by atoms with E-state index in [0.29, 0.717) is 24.3 Å². The monoisotopic (exact) mass is 436 g/mol. The minimum atomic E-state index is -3.53. The van der Waals surface area contributed by atoms with Gasteiger partial charge in [0, 0.05) is 26.7 Å². The van der Waals surface area contributed by atoms with Gasteiger partial charge < -0.3 is 10.1 Å². The van der Waals surface area contributed by atoms with Gasteiger partial charge in [-0.05, 0) is 49.6 Å². The largest absolute Gasteiger partial charge is 0.462 e. The molecular formula is C19H24N4O6S. The number of nitrogens with zero attached hydrogens (tertiary/aromatic N) is 3. The standard InChI is InChI=1S/C19H24N4O6S/c1-22(2)30(27,28)17-9-6-15(7-10-17)19(24)29-13-5-3-4-12-20-18-11-8-16(14-21-18)23(25)26/h6-11,14H,3-5,12-13H2,1-2H3,(H,20,21). The van der Waals surface area contributed by atoms with E-state index in [1.54, 1.807) is 6.07 Å². The van der Waals surface area contributed by atoms with Crippen LogP contribution in [-0.4, -0.2) is 55.8 Å². The number of pyridine rings is 1. The first kappa shape index (κ1) is 23.2. The molecule has 1 heterocycles. The molecule has 0 aliphatic rings. The Morgan fingerprint density at radius 3 is 2.40 bits per heavy atom. The zero-order valence-electron chi connectivity index (χ0n) is 16.8. The summed E-state index contributed by atoms with van der Waals surface area (Å²) in [5.41, 5.74) is 0.231. The van der Waals surface area contributed by atoms with Gasteiger partial charge in [0.15, 0.2) is 0 Å². The topological polar surface area (TPSA) is 132 Å². The molecule has 0 saturated carbocycles. The molecule has 0 saturated heterocycles. The number of carbonyl (C=O) groups excluding carboxylic acids is 1. The van der Waals surface area contributed by atoms with Crippen molar-refractivity contribution in [3.05, 3.63) is 58.3 Å². The van der Waals surface area contributed by atoms with Crippen molar-refractivity contribution in [1.29, 1.82) is 0 Å². The summed E-state index contributed by atoms with van der Waals surface area (Å²) in [7, 11) is -0.654. The molecule has 1 N–H and O–H groups in total. The Bertz CT molecular complexity index is 960. The zero-order valence-corrected chi connectivity index (χ0v) is 17.6. The molecule has 11 heteroatoms. The molecule has 162 valence electrons. The van der Waals surface area contributed by atoms with Gasteiger partial charge in [0.05, 0.1) is 22.0 Å². The molecule has 10 nitrogen and oxygen atoms in total. The van der Waals surface area contributed by atoms with Crippen LogP contribution in [0.1, 0.15) is 29.6 Å². The number of sulfonamides is 1. The van der Waals surface area contributed by atoms with Crippen LogP contribution in [0.15, 0.2) is 47.5 Å². The van der Waals surface area contributed by atoms with Gasteiger partial charge in [-0.3, -0.25) is 10.1 Å². The molecule has 1 aromatic carbocycles. The summed E-state index contributed by atoms with van der Waals surface area (Å²) in [5.74, 6) is 0.0590. The maximum atomic E-state index is 12.0. The molecule has 2 rings (SSSR count). The maximum absolute atomic E-state index is 12.0. The smallest absolute Gasteiger partial charge is 0.338 e. The van der Waals surface area contributed by atoms with Crippen molar-refractivity contribution < 1.29 is 22.9 Å². The van der Waals surface area contributed by atoms with Gasteiger partial charge in [0.25, 0.3) is 5.69 Å². The van der Waals surface area contributed by atoms with Crippen molar-refractivity contribution in [3.63, 3.8) is 0 Å². The van der Waals surface area contributed by atoms with Crippen LogP contribution in [0.25, 0.3) is 0 Å². The van der Waals surface area contributed by atoms with Crippen molar-refractivity contribution in [3.8, 4) is 0 Å². The van der Waals surface area contributed by atoms with Gasteiger partial charge in [-0.15, -0.1) is 0 Å². The second-order valence-corrected chi connectivity index (χ2v) is 8.75. The highest BCUT2D eigenvalue weighted by Crippen LogP contribution is 2.15. The first-order chi connectivity index (χ1) is 14.2. The fraction of sp³-hybridized carbons (Fsp3) is 0.368. The molecule has 0 spiro atoms. The van der Waals surface area contributed by atoms with Crippen LogP contribution in [0.4, 0.5) is 11.5 Å². The quantitative estimate of drug-likeness (QED) is 0.246. The molecule has 0 aliphatic carbocycles. The van der Waals surface area contributed by atoms with Crippen LogP contribution < -0.4 is 5.32 Å². The third-order valence-corrected chi connectivity index (χ3v) is 6.02. The molecule has 30 heavy (non-hydrogen) atoms. The predicted molar refractivity (Wildman–Crippen MR) is 111 cm³/mol. The predicted octanol–water partition coefficient (Wildman–Crippen LogP) is 2.68. The van der Waals surface area contributed by atoms with Crippen LogP contribution in [-0.2, 0) is 14.8 Å². The van der Waals surface area contributed by atoms with Crippen LogP contribution in [0.5, 0.6) is 0 Å². The van der Waals surface area contributed by atoms with Crippen molar-refractivity contribution >= 4 is 27.5 Å². The number of nitrogens with one attached hydrogen (secondary N) is 1. The van der Waals surface area contributed by atoms with E-state index in [1.807, 2.05) is 0 Å². The van der Waals surface area contributed by atoms with E-state index in [4.69, 9.17) is 4.74 Å². The highest BCUT2D eigenvalue weighted by molar-refractivity contribution is 7.89. The Hall–Kier alpha value is -3.05. The number of hydrogen-bond donors (Lipinski definition) is 1. The minimum absolute atomic E-state index is 0.0590. The number of carbonyl (C=O) groups is 1. The summed E-state index contributed by atoms with van der Waals surface area (Å²) in [5, 5.41) is 13.6. The Morgan fingerprint density at radius 2 is 1.83 bits per heavy atom. The van der Waals surface area contributed by atoms with E-state index in [0.717, 1.165) is 17.1 Å². The summed E-state index contributed by atoms with van der Waals surface area (Å²) >= 11 is 0. The Kier molecular flexibility index (Phi) is 8.25. The van der Waals surface area contributed by atoms with Crippen LogP contribution in [0.3, 0.4) is 0 Å². The Balaban J connectivity index is 1.66. The van der Waals surface area contributed by atoms with E-state index in [-0.39, 0.29) is 17.2 Å². The molecule has 0 bridgehead atoms. The number of hydrogen-bond acceptors (Lipinski definition) is 8. The summed E-state index contributed by atoms with van der Waals surface area (Å²) < 4.78 is 30.3. The molecular weight excluding hydrogens is 412 g/mol. The van der Waals surface area contributed by atoms with Gasteiger partial charge in [-0.25, -0.2) is 22.5 Å². The van der Waals surface area contributed by atoms with Gasteiger partial charge in [-0.1, -0.05) is 0 Å². The number of aromatic nitrogens is 1. The van der Waals surface area contributed by atoms with Gasteiger partial charge in [0.2, 0.25) is 10.0 Å². The van der Waals surface area contributed by atoms with Gasteiger partial charge in [-0.2, -0.15) is 0 Å². The summed E-state index contributed by atoms with van der Waals surface area (Å²) in [6.07, 6.45) is 3.50.